The molecule has 0 atom stereocenters. The van der Waals surface area contributed by atoms with Gasteiger partial charge in [-0.25, -0.2) is 0 Å². The quantitative estimate of drug-likeness (QED) is 0.764. The minimum atomic E-state index is -0.129. The predicted octanol–water partition coefficient (Wildman–Crippen LogP) is 3.75. The highest BCUT2D eigenvalue weighted by molar-refractivity contribution is 6.30. The Labute approximate surface area is 145 Å². The SMILES string of the molecule is COC(=O)[C@H]1CC[C@H](c2nnc(COc3ccc(Cl)cc3)o2)CC1. The van der Waals surface area contributed by atoms with Crippen LogP contribution in [0.25, 0.3) is 0 Å². The Balaban J connectivity index is 1.52. The number of nitrogens with zero attached hydrogens (tertiary/aromatic N) is 2. The van der Waals surface area contributed by atoms with Crippen molar-refractivity contribution >= 4 is 17.6 Å². The molecule has 24 heavy (non-hydrogen) atoms. The number of benzene rings is 1. The van der Waals surface area contributed by atoms with Crippen molar-refractivity contribution in [2.45, 2.75) is 38.2 Å². The molecule has 1 aromatic heterocycles. The topological polar surface area (TPSA) is 74.5 Å². The van der Waals surface area contributed by atoms with Gasteiger partial charge in [0.25, 0.3) is 5.89 Å². The molecule has 128 valence electrons. The zero-order valence-electron chi connectivity index (χ0n) is 13.4. The van der Waals surface area contributed by atoms with Crippen LogP contribution in [-0.2, 0) is 16.1 Å². The lowest BCUT2D eigenvalue weighted by Gasteiger charge is -2.24. The van der Waals surface area contributed by atoms with Crippen LogP contribution in [-0.4, -0.2) is 23.3 Å². The van der Waals surface area contributed by atoms with Crippen molar-refractivity contribution in [2.75, 3.05) is 7.11 Å². The van der Waals surface area contributed by atoms with E-state index in [-0.39, 0.29) is 24.4 Å². The molecule has 0 amide bonds. The highest BCUT2D eigenvalue weighted by Gasteiger charge is 2.30. The number of ether oxygens (including phenoxy) is 2. The van der Waals surface area contributed by atoms with Crippen LogP contribution in [0.1, 0.15) is 43.4 Å². The number of esters is 1. The molecule has 0 aliphatic heterocycles. The summed E-state index contributed by atoms with van der Waals surface area (Å²) in [4.78, 5) is 11.6. The van der Waals surface area contributed by atoms with E-state index in [9.17, 15) is 4.79 Å². The van der Waals surface area contributed by atoms with Crippen molar-refractivity contribution in [2.24, 2.45) is 5.92 Å². The fourth-order valence-electron chi connectivity index (χ4n) is 2.91. The normalized spacial score (nSPS) is 20.6. The summed E-state index contributed by atoms with van der Waals surface area (Å²) in [5.41, 5.74) is 0. The molecule has 0 radical (unpaired) electrons. The van der Waals surface area contributed by atoms with Crippen LogP contribution in [0.3, 0.4) is 0 Å². The Morgan fingerprint density at radius 2 is 1.92 bits per heavy atom. The first-order chi connectivity index (χ1) is 11.7. The molecule has 0 bridgehead atoms. The number of hydrogen-bond acceptors (Lipinski definition) is 6. The van der Waals surface area contributed by atoms with Crippen LogP contribution >= 0.6 is 11.6 Å². The summed E-state index contributed by atoms with van der Waals surface area (Å²) in [6, 6.07) is 7.09. The molecule has 1 fully saturated rings. The molecule has 0 unspecified atom stereocenters. The number of carbonyl (C=O) groups excluding carboxylic acids is 1. The largest absolute Gasteiger partial charge is 0.484 e. The summed E-state index contributed by atoms with van der Waals surface area (Å²) in [6.07, 6.45) is 3.27. The Morgan fingerprint density at radius 3 is 2.58 bits per heavy atom. The lowest BCUT2D eigenvalue weighted by molar-refractivity contribution is -0.146. The van der Waals surface area contributed by atoms with E-state index >= 15 is 0 Å². The maximum absolute atomic E-state index is 11.6. The molecule has 2 aromatic rings. The monoisotopic (exact) mass is 350 g/mol. The number of aromatic nitrogens is 2. The van der Waals surface area contributed by atoms with Gasteiger partial charge in [-0.05, 0) is 49.9 Å². The van der Waals surface area contributed by atoms with Crippen molar-refractivity contribution in [3.05, 3.63) is 41.1 Å². The fraction of sp³-hybridized carbons (Fsp3) is 0.471. The minimum absolute atomic E-state index is 0.0121. The Hall–Kier alpha value is -2.08. The molecular formula is C17H19ClN2O4. The summed E-state index contributed by atoms with van der Waals surface area (Å²) >= 11 is 5.83. The summed E-state index contributed by atoms with van der Waals surface area (Å²) in [7, 11) is 1.43. The van der Waals surface area contributed by atoms with Crippen LogP contribution in [0.15, 0.2) is 28.7 Å². The molecule has 1 aromatic carbocycles. The van der Waals surface area contributed by atoms with Crippen LogP contribution < -0.4 is 4.74 Å². The average molecular weight is 351 g/mol. The summed E-state index contributed by atoms with van der Waals surface area (Å²) in [5, 5.41) is 8.81. The van der Waals surface area contributed by atoms with Crippen molar-refractivity contribution in [3.8, 4) is 5.75 Å². The van der Waals surface area contributed by atoms with Crippen molar-refractivity contribution in [3.63, 3.8) is 0 Å². The van der Waals surface area contributed by atoms with E-state index < -0.39 is 0 Å². The van der Waals surface area contributed by atoms with Crippen LogP contribution in [0, 0.1) is 5.92 Å². The van der Waals surface area contributed by atoms with Crippen molar-refractivity contribution in [1.29, 1.82) is 0 Å². The van der Waals surface area contributed by atoms with E-state index in [0.29, 0.717) is 22.6 Å². The van der Waals surface area contributed by atoms with Gasteiger partial charge in [0.15, 0.2) is 6.61 Å². The van der Waals surface area contributed by atoms with E-state index in [4.69, 9.17) is 25.5 Å². The van der Waals surface area contributed by atoms with Gasteiger partial charge in [0.05, 0.1) is 13.0 Å². The first-order valence-corrected chi connectivity index (χ1v) is 8.32. The van der Waals surface area contributed by atoms with Gasteiger partial charge in [0, 0.05) is 10.9 Å². The number of rotatable bonds is 5. The molecule has 1 saturated carbocycles. The Bertz CT molecular complexity index is 678. The van der Waals surface area contributed by atoms with E-state index in [1.165, 1.54) is 7.11 Å². The molecule has 0 saturated heterocycles. The van der Waals surface area contributed by atoms with Crippen molar-refractivity contribution < 1.29 is 18.7 Å². The predicted molar refractivity (Wildman–Crippen MR) is 86.8 cm³/mol. The fourth-order valence-corrected chi connectivity index (χ4v) is 3.03. The smallest absolute Gasteiger partial charge is 0.308 e. The van der Waals surface area contributed by atoms with Gasteiger partial charge < -0.3 is 13.9 Å². The molecule has 0 spiro atoms. The molecule has 0 N–H and O–H groups in total. The summed E-state index contributed by atoms with van der Waals surface area (Å²) in [6.45, 7) is 0.214. The third-order valence-electron chi connectivity index (χ3n) is 4.27. The summed E-state index contributed by atoms with van der Waals surface area (Å²) < 4.78 is 16.1. The van der Waals surface area contributed by atoms with E-state index in [1.807, 2.05) is 0 Å². The number of carbonyl (C=O) groups is 1. The molecule has 3 rings (SSSR count). The molecule has 1 aliphatic carbocycles. The van der Waals surface area contributed by atoms with Gasteiger partial charge in [-0.1, -0.05) is 11.6 Å². The first kappa shape index (κ1) is 16.8. The second-order valence-electron chi connectivity index (χ2n) is 5.85. The third-order valence-corrected chi connectivity index (χ3v) is 4.52. The van der Waals surface area contributed by atoms with Gasteiger partial charge in [0.1, 0.15) is 5.75 Å². The highest BCUT2D eigenvalue weighted by Crippen LogP contribution is 2.35. The van der Waals surface area contributed by atoms with Crippen LogP contribution in [0.5, 0.6) is 5.75 Å². The number of halogens is 1. The number of hydrogen-bond donors (Lipinski definition) is 0. The van der Waals surface area contributed by atoms with Crippen molar-refractivity contribution in [1.82, 2.24) is 10.2 Å². The van der Waals surface area contributed by atoms with Gasteiger partial charge in [-0.3, -0.25) is 4.79 Å². The maximum atomic E-state index is 11.6. The third kappa shape index (κ3) is 4.06. The Kier molecular flexibility index (Phi) is 5.35. The molecular weight excluding hydrogens is 332 g/mol. The van der Waals surface area contributed by atoms with Crippen LogP contribution in [0.2, 0.25) is 5.02 Å². The number of methoxy groups -OCH3 is 1. The highest BCUT2D eigenvalue weighted by atomic mass is 35.5. The molecule has 7 heteroatoms. The maximum Gasteiger partial charge on any atom is 0.308 e. The van der Waals surface area contributed by atoms with Gasteiger partial charge in [-0.15, -0.1) is 10.2 Å². The molecule has 6 nitrogen and oxygen atoms in total. The zero-order chi connectivity index (χ0) is 16.9. The van der Waals surface area contributed by atoms with E-state index in [1.54, 1.807) is 24.3 Å². The average Bonchev–Trinajstić information content (AvgIpc) is 3.10. The zero-order valence-corrected chi connectivity index (χ0v) is 14.2. The van der Waals surface area contributed by atoms with Gasteiger partial charge >= 0.3 is 5.97 Å². The van der Waals surface area contributed by atoms with E-state index in [2.05, 4.69) is 10.2 Å². The lowest BCUT2D eigenvalue weighted by Crippen LogP contribution is -2.22. The summed E-state index contributed by atoms with van der Waals surface area (Å²) in [5.74, 6) is 1.81. The second-order valence-corrected chi connectivity index (χ2v) is 6.28. The van der Waals surface area contributed by atoms with E-state index in [0.717, 1.165) is 25.7 Å². The second kappa shape index (κ2) is 7.66. The van der Waals surface area contributed by atoms with Gasteiger partial charge in [-0.2, -0.15) is 0 Å². The standard InChI is InChI=1S/C17H19ClN2O4/c1-22-17(21)12-4-2-11(3-5-12)16-20-19-15(24-16)10-23-14-8-6-13(18)7-9-14/h6-9,11-12H,2-5,10H2,1H3/t11-,12-. The molecule has 1 heterocycles. The molecule has 1 aliphatic rings. The lowest BCUT2D eigenvalue weighted by atomic mass is 9.82. The minimum Gasteiger partial charge on any atom is -0.484 e. The van der Waals surface area contributed by atoms with Gasteiger partial charge in [0.2, 0.25) is 5.89 Å². The first-order valence-electron chi connectivity index (χ1n) is 7.94. The Morgan fingerprint density at radius 1 is 1.21 bits per heavy atom. The van der Waals surface area contributed by atoms with Crippen LogP contribution in [0.4, 0.5) is 0 Å².